The molecule has 2 saturated carbocycles. The molecule has 2 bridgehead atoms. The average Bonchev–Trinajstić information content (AvgIpc) is 2.71. The van der Waals surface area contributed by atoms with Gasteiger partial charge in [-0.3, -0.25) is 0 Å². The molecular weight excluding hydrogens is 262 g/mol. The molecule has 0 aliphatic heterocycles. The van der Waals surface area contributed by atoms with Gasteiger partial charge in [0.1, 0.15) is 0 Å². The van der Waals surface area contributed by atoms with E-state index in [1.165, 1.54) is 19.3 Å². The topological polar surface area (TPSA) is 41.5 Å². The molecule has 0 radical (unpaired) electrons. The van der Waals surface area contributed by atoms with Crippen LogP contribution in [-0.4, -0.2) is 37.0 Å². The molecule has 3 nitrogen and oxygen atoms in total. The number of ether oxygens (including phenoxy) is 1. The molecule has 0 aromatic rings. The second-order valence-electron chi connectivity index (χ2n) is 8.46. The van der Waals surface area contributed by atoms with E-state index in [0.29, 0.717) is 36.0 Å². The van der Waals surface area contributed by atoms with Crippen molar-refractivity contribution in [2.75, 3.05) is 19.7 Å². The maximum Gasteiger partial charge on any atom is 0.0686 e. The van der Waals surface area contributed by atoms with E-state index in [1.54, 1.807) is 0 Å². The van der Waals surface area contributed by atoms with E-state index in [0.717, 1.165) is 18.9 Å². The zero-order valence-electron chi connectivity index (χ0n) is 14.6. The third-order valence-corrected chi connectivity index (χ3v) is 6.42. The van der Waals surface area contributed by atoms with E-state index in [1.807, 2.05) is 0 Å². The maximum atomic E-state index is 9.99. The van der Waals surface area contributed by atoms with Crippen molar-refractivity contribution in [3.63, 3.8) is 0 Å². The zero-order valence-corrected chi connectivity index (χ0v) is 14.6. The molecule has 0 heterocycles. The van der Waals surface area contributed by atoms with Crippen LogP contribution in [0.15, 0.2) is 0 Å². The Balaban J connectivity index is 1.68. The van der Waals surface area contributed by atoms with Crippen LogP contribution in [0.25, 0.3) is 0 Å². The molecule has 2 N–H and O–H groups in total. The molecule has 0 aromatic carbocycles. The molecule has 2 rings (SSSR count). The summed E-state index contributed by atoms with van der Waals surface area (Å²) in [6, 6.07) is 0. The van der Waals surface area contributed by atoms with Crippen LogP contribution in [0.2, 0.25) is 0 Å². The molecule has 124 valence electrons. The highest BCUT2D eigenvalue weighted by atomic mass is 16.5. The summed E-state index contributed by atoms with van der Waals surface area (Å²) in [5, 5.41) is 13.3. The molecule has 3 heteroatoms. The highest BCUT2D eigenvalue weighted by molar-refractivity contribution is 5.11. The predicted molar refractivity (Wildman–Crippen MR) is 87.3 cm³/mol. The van der Waals surface area contributed by atoms with E-state index < -0.39 is 0 Å². The van der Waals surface area contributed by atoms with Crippen molar-refractivity contribution in [3.8, 4) is 0 Å². The summed E-state index contributed by atoms with van der Waals surface area (Å²) in [5.41, 5.74) is 0.744. The summed E-state index contributed by atoms with van der Waals surface area (Å²) in [6.07, 6.45) is 4.72. The third-order valence-electron chi connectivity index (χ3n) is 6.42. The quantitative estimate of drug-likeness (QED) is 0.723. The lowest BCUT2D eigenvalue weighted by Gasteiger charge is -2.39. The van der Waals surface area contributed by atoms with E-state index in [-0.39, 0.29) is 6.10 Å². The first-order valence-electron chi connectivity index (χ1n) is 8.77. The van der Waals surface area contributed by atoms with Crippen molar-refractivity contribution in [1.29, 1.82) is 0 Å². The molecule has 4 atom stereocenters. The largest absolute Gasteiger partial charge is 0.392 e. The van der Waals surface area contributed by atoms with Crippen LogP contribution in [0.4, 0.5) is 0 Å². The van der Waals surface area contributed by atoms with Gasteiger partial charge < -0.3 is 15.2 Å². The van der Waals surface area contributed by atoms with Gasteiger partial charge in [0.05, 0.1) is 12.2 Å². The summed E-state index contributed by atoms with van der Waals surface area (Å²) in [5.74, 6) is 1.45. The van der Waals surface area contributed by atoms with Gasteiger partial charge in [-0.25, -0.2) is 0 Å². The van der Waals surface area contributed by atoms with Crippen molar-refractivity contribution in [2.24, 2.45) is 22.7 Å². The van der Waals surface area contributed by atoms with E-state index in [2.05, 4.69) is 39.9 Å². The Morgan fingerprint density at radius 2 is 1.95 bits per heavy atom. The fraction of sp³-hybridized carbons (Fsp3) is 1.00. The minimum absolute atomic E-state index is 0.289. The van der Waals surface area contributed by atoms with Gasteiger partial charge in [-0.15, -0.1) is 0 Å². The molecule has 2 fully saturated rings. The number of fused-ring (bicyclic) bond motifs is 2. The minimum Gasteiger partial charge on any atom is -0.392 e. The first kappa shape index (κ1) is 17.2. The SMILES string of the molecule is CC(C)CNC[C@H](O)CCO[C@@H]1C[C@H]2CC[C@@]1(C)C2(C)C. The molecule has 2 aliphatic carbocycles. The van der Waals surface area contributed by atoms with Gasteiger partial charge >= 0.3 is 0 Å². The third kappa shape index (κ3) is 3.46. The lowest BCUT2D eigenvalue weighted by atomic mass is 9.70. The number of hydrogen-bond donors (Lipinski definition) is 2. The van der Waals surface area contributed by atoms with Gasteiger partial charge in [0.2, 0.25) is 0 Å². The van der Waals surface area contributed by atoms with Crippen LogP contribution in [0.1, 0.15) is 60.3 Å². The van der Waals surface area contributed by atoms with E-state index >= 15 is 0 Å². The van der Waals surface area contributed by atoms with Gasteiger partial charge in [-0.1, -0.05) is 34.6 Å². The number of aliphatic hydroxyl groups is 1. The van der Waals surface area contributed by atoms with Gasteiger partial charge in [-0.05, 0) is 54.9 Å². The van der Waals surface area contributed by atoms with Gasteiger partial charge in [-0.2, -0.15) is 0 Å². The Bertz CT molecular complexity index is 342. The van der Waals surface area contributed by atoms with Crippen molar-refractivity contribution in [2.45, 2.75) is 72.5 Å². The van der Waals surface area contributed by atoms with Gasteiger partial charge in [0.15, 0.2) is 0 Å². The zero-order chi connectivity index (χ0) is 15.7. The highest BCUT2D eigenvalue weighted by Crippen LogP contribution is 2.66. The Hall–Kier alpha value is -0.120. The monoisotopic (exact) mass is 297 g/mol. The summed E-state index contributed by atoms with van der Waals surface area (Å²) < 4.78 is 6.19. The Morgan fingerprint density at radius 1 is 1.24 bits per heavy atom. The molecule has 2 aliphatic rings. The van der Waals surface area contributed by atoms with Crippen LogP contribution in [0.5, 0.6) is 0 Å². The van der Waals surface area contributed by atoms with Crippen LogP contribution in [0, 0.1) is 22.7 Å². The van der Waals surface area contributed by atoms with Gasteiger partial charge in [0.25, 0.3) is 0 Å². The Labute approximate surface area is 130 Å². The van der Waals surface area contributed by atoms with Crippen molar-refractivity contribution >= 4 is 0 Å². The fourth-order valence-electron chi connectivity index (χ4n) is 4.37. The number of rotatable bonds is 8. The van der Waals surface area contributed by atoms with E-state index in [4.69, 9.17) is 4.74 Å². The van der Waals surface area contributed by atoms with Crippen molar-refractivity contribution in [1.82, 2.24) is 5.32 Å². The number of hydrogen-bond acceptors (Lipinski definition) is 3. The molecule has 0 unspecified atom stereocenters. The summed E-state index contributed by atoms with van der Waals surface area (Å²) in [7, 11) is 0. The first-order valence-corrected chi connectivity index (χ1v) is 8.77. The van der Waals surface area contributed by atoms with Crippen molar-refractivity contribution in [3.05, 3.63) is 0 Å². The molecular formula is C18H35NO2. The van der Waals surface area contributed by atoms with Crippen LogP contribution in [-0.2, 0) is 4.74 Å². The average molecular weight is 297 g/mol. The molecule has 21 heavy (non-hydrogen) atoms. The summed E-state index contributed by atoms with van der Waals surface area (Å²) in [6.45, 7) is 13.9. The lowest BCUT2D eigenvalue weighted by molar-refractivity contribution is -0.0546. The van der Waals surface area contributed by atoms with Crippen molar-refractivity contribution < 1.29 is 9.84 Å². The van der Waals surface area contributed by atoms with Crippen LogP contribution < -0.4 is 5.32 Å². The summed E-state index contributed by atoms with van der Waals surface area (Å²) in [4.78, 5) is 0. The highest BCUT2D eigenvalue weighted by Gasteiger charge is 2.61. The Morgan fingerprint density at radius 3 is 2.48 bits per heavy atom. The lowest BCUT2D eigenvalue weighted by Crippen LogP contribution is -2.38. The normalized spacial score (nSPS) is 35.6. The first-order chi connectivity index (χ1) is 9.77. The Kier molecular flexibility index (Phi) is 5.38. The molecule has 0 spiro atoms. The number of aliphatic hydroxyl groups excluding tert-OH is 1. The fourth-order valence-corrected chi connectivity index (χ4v) is 4.37. The molecule has 0 amide bonds. The second-order valence-corrected chi connectivity index (χ2v) is 8.46. The predicted octanol–water partition coefficient (Wildman–Crippen LogP) is 3.21. The maximum absolute atomic E-state index is 9.99. The standard InChI is InChI=1S/C18H35NO2/c1-13(2)11-19-12-15(20)7-9-21-16-10-14-6-8-18(16,5)17(14,3)4/h13-16,19-20H,6-12H2,1-5H3/t14-,15-,16-,18-/m1/s1. The van der Waals surface area contributed by atoms with E-state index in [9.17, 15) is 5.11 Å². The van der Waals surface area contributed by atoms with Crippen LogP contribution >= 0.6 is 0 Å². The van der Waals surface area contributed by atoms with Gasteiger partial charge in [0, 0.05) is 13.2 Å². The minimum atomic E-state index is -0.289. The van der Waals surface area contributed by atoms with Crippen LogP contribution in [0.3, 0.4) is 0 Å². The second kappa shape index (κ2) is 6.55. The smallest absolute Gasteiger partial charge is 0.0686 e. The number of nitrogens with one attached hydrogen (secondary N) is 1. The molecule has 0 saturated heterocycles. The summed E-state index contributed by atoms with van der Waals surface area (Å²) >= 11 is 0. The molecule has 0 aromatic heterocycles.